The highest BCUT2D eigenvalue weighted by atomic mass is 79.9. The van der Waals surface area contributed by atoms with E-state index in [1.165, 1.54) is 4.68 Å². The molecule has 1 aliphatic rings. The fourth-order valence-electron chi connectivity index (χ4n) is 4.81. The fourth-order valence-corrected chi connectivity index (χ4v) is 5.17. The first-order chi connectivity index (χ1) is 17.9. The minimum absolute atomic E-state index is 0.0198. The van der Waals surface area contributed by atoms with Crippen LogP contribution in [0.2, 0.25) is 0 Å². The quantitative estimate of drug-likeness (QED) is 0.241. The first-order valence-corrected chi connectivity index (χ1v) is 12.9. The third kappa shape index (κ3) is 4.11. The number of nitrogens with zero attached hydrogens (tertiary/aromatic N) is 4. The Kier molecular flexibility index (Phi) is 5.83. The van der Waals surface area contributed by atoms with E-state index in [0.717, 1.165) is 43.7 Å². The summed E-state index contributed by atoms with van der Waals surface area (Å²) in [6.45, 7) is 7.03. The Hall–Kier alpha value is -3.91. The summed E-state index contributed by atoms with van der Waals surface area (Å²) < 4.78 is 15.6. The van der Waals surface area contributed by atoms with Crippen molar-refractivity contribution in [1.82, 2.24) is 14.2 Å². The van der Waals surface area contributed by atoms with Crippen LogP contribution in [-0.4, -0.2) is 27.2 Å². The number of aromatic nitrogens is 3. The minimum Gasteiger partial charge on any atom is -0.454 e. The van der Waals surface area contributed by atoms with E-state index in [9.17, 15) is 4.79 Å². The predicted molar refractivity (Wildman–Crippen MR) is 149 cm³/mol. The maximum Gasteiger partial charge on any atom is 0.282 e. The molecule has 2 aromatic heterocycles. The number of rotatable bonds is 5. The van der Waals surface area contributed by atoms with Crippen molar-refractivity contribution in [2.24, 2.45) is 5.10 Å². The third-order valence-corrected chi connectivity index (χ3v) is 7.20. The van der Waals surface area contributed by atoms with Crippen LogP contribution in [0.15, 0.2) is 75.0 Å². The zero-order chi connectivity index (χ0) is 25.7. The van der Waals surface area contributed by atoms with Gasteiger partial charge in [0.05, 0.1) is 17.1 Å². The van der Waals surface area contributed by atoms with Crippen LogP contribution < -0.4 is 15.0 Å². The van der Waals surface area contributed by atoms with Gasteiger partial charge in [-0.05, 0) is 48.9 Å². The molecule has 37 heavy (non-hydrogen) atoms. The number of para-hydroxylation sites is 1. The van der Waals surface area contributed by atoms with Crippen LogP contribution in [-0.2, 0) is 6.54 Å². The zero-order valence-corrected chi connectivity index (χ0v) is 22.3. The average molecular weight is 557 g/mol. The summed E-state index contributed by atoms with van der Waals surface area (Å²) in [7, 11) is 0. The van der Waals surface area contributed by atoms with E-state index in [4.69, 9.17) is 19.6 Å². The molecule has 3 heterocycles. The second-order valence-corrected chi connectivity index (χ2v) is 10.4. The second kappa shape index (κ2) is 9.19. The van der Waals surface area contributed by atoms with E-state index < -0.39 is 0 Å². The molecule has 0 aliphatic carbocycles. The number of hydrogen-bond acceptors (Lipinski definition) is 5. The summed E-state index contributed by atoms with van der Waals surface area (Å²) in [6, 6.07) is 19.8. The van der Waals surface area contributed by atoms with Crippen molar-refractivity contribution in [3.63, 3.8) is 0 Å². The number of hydrogen-bond donors (Lipinski definition) is 0. The van der Waals surface area contributed by atoms with Gasteiger partial charge in [-0.1, -0.05) is 54.0 Å². The van der Waals surface area contributed by atoms with Gasteiger partial charge in [0.2, 0.25) is 6.79 Å². The van der Waals surface area contributed by atoms with Crippen LogP contribution >= 0.6 is 15.9 Å². The Morgan fingerprint density at radius 3 is 2.70 bits per heavy atom. The van der Waals surface area contributed by atoms with Crippen LogP contribution in [0, 0.1) is 6.92 Å². The molecule has 0 saturated carbocycles. The Morgan fingerprint density at radius 2 is 1.86 bits per heavy atom. The van der Waals surface area contributed by atoms with Crippen molar-refractivity contribution in [1.29, 1.82) is 0 Å². The topological polar surface area (TPSA) is 70.6 Å². The van der Waals surface area contributed by atoms with Gasteiger partial charge in [-0.15, -0.1) is 0 Å². The smallest absolute Gasteiger partial charge is 0.282 e. The molecule has 186 valence electrons. The van der Waals surface area contributed by atoms with E-state index in [2.05, 4.69) is 45.6 Å². The van der Waals surface area contributed by atoms with Gasteiger partial charge in [-0.25, -0.2) is 4.98 Å². The second-order valence-electron chi connectivity index (χ2n) is 9.44. The van der Waals surface area contributed by atoms with Crippen molar-refractivity contribution < 1.29 is 9.47 Å². The molecule has 6 rings (SSSR count). The summed E-state index contributed by atoms with van der Waals surface area (Å²) in [5, 5.41) is 6.30. The molecule has 0 fully saturated rings. The lowest BCUT2D eigenvalue weighted by Crippen LogP contribution is -2.23. The highest BCUT2D eigenvalue weighted by Crippen LogP contribution is 2.34. The van der Waals surface area contributed by atoms with E-state index in [1.807, 2.05) is 50.2 Å². The molecule has 7 nitrogen and oxygen atoms in total. The van der Waals surface area contributed by atoms with Crippen molar-refractivity contribution in [3.05, 3.63) is 98.1 Å². The molecule has 0 saturated heterocycles. The van der Waals surface area contributed by atoms with Gasteiger partial charge in [0.25, 0.3) is 5.56 Å². The van der Waals surface area contributed by atoms with Gasteiger partial charge < -0.3 is 14.0 Å². The Morgan fingerprint density at radius 1 is 1.05 bits per heavy atom. The van der Waals surface area contributed by atoms with Gasteiger partial charge in [-0.3, -0.25) is 4.79 Å². The minimum atomic E-state index is -0.187. The molecule has 1 aliphatic heterocycles. The Balaban J connectivity index is 1.47. The third-order valence-electron chi connectivity index (χ3n) is 6.71. The van der Waals surface area contributed by atoms with Crippen molar-refractivity contribution in [2.75, 3.05) is 6.79 Å². The molecule has 0 unspecified atom stereocenters. The number of halogens is 1. The summed E-state index contributed by atoms with van der Waals surface area (Å²) in [4.78, 5) is 18.2. The van der Waals surface area contributed by atoms with Gasteiger partial charge in [0, 0.05) is 39.1 Å². The molecule has 0 N–H and O–H groups in total. The Bertz CT molecular complexity index is 1770. The highest BCUT2D eigenvalue weighted by Gasteiger charge is 2.18. The van der Waals surface area contributed by atoms with E-state index in [1.54, 1.807) is 12.3 Å². The summed E-state index contributed by atoms with van der Waals surface area (Å²) >= 11 is 3.47. The molecule has 0 amide bonds. The van der Waals surface area contributed by atoms with E-state index in [-0.39, 0.29) is 18.3 Å². The lowest BCUT2D eigenvalue weighted by Gasteiger charge is -2.12. The molecule has 5 aromatic rings. The number of fused-ring (bicyclic) bond motifs is 3. The zero-order valence-electron chi connectivity index (χ0n) is 20.7. The molecule has 0 spiro atoms. The predicted octanol–water partition coefficient (Wildman–Crippen LogP) is 6.20. The van der Waals surface area contributed by atoms with Crippen molar-refractivity contribution >= 4 is 44.0 Å². The highest BCUT2D eigenvalue weighted by molar-refractivity contribution is 9.10. The van der Waals surface area contributed by atoms with Crippen molar-refractivity contribution in [3.8, 4) is 11.5 Å². The monoisotopic (exact) mass is 556 g/mol. The summed E-state index contributed by atoms with van der Waals surface area (Å²) in [5.74, 6) is 2.18. The summed E-state index contributed by atoms with van der Waals surface area (Å²) in [6.07, 6.45) is 1.78. The average Bonchev–Trinajstić information content (AvgIpc) is 3.46. The molecule has 0 radical (unpaired) electrons. The SMILES string of the molecule is Cc1c(C=Nn2c(C(C)C)nc3ccc(Br)cc3c2=O)c2ccccc2n1Cc1ccc2c(c1)OCO2. The lowest BCUT2D eigenvalue weighted by molar-refractivity contribution is 0.174. The molecule has 8 heteroatoms. The maximum atomic E-state index is 13.5. The maximum absolute atomic E-state index is 13.5. The van der Waals surface area contributed by atoms with Gasteiger partial charge >= 0.3 is 0 Å². The Labute approximate surface area is 222 Å². The van der Waals surface area contributed by atoms with E-state index in [0.29, 0.717) is 23.3 Å². The fraction of sp³-hybridized carbons (Fsp3) is 0.207. The first-order valence-electron chi connectivity index (χ1n) is 12.1. The lowest BCUT2D eigenvalue weighted by atomic mass is 10.1. The normalized spacial score (nSPS) is 13.0. The number of benzene rings is 3. The molecule has 3 aromatic carbocycles. The largest absolute Gasteiger partial charge is 0.454 e. The van der Waals surface area contributed by atoms with Crippen LogP contribution in [0.1, 0.15) is 42.4 Å². The van der Waals surface area contributed by atoms with E-state index >= 15 is 0 Å². The first kappa shape index (κ1) is 23.5. The molecule has 0 atom stereocenters. The van der Waals surface area contributed by atoms with Crippen molar-refractivity contribution in [2.45, 2.75) is 33.2 Å². The van der Waals surface area contributed by atoms with Gasteiger partial charge in [0.15, 0.2) is 11.5 Å². The summed E-state index contributed by atoms with van der Waals surface area (Å²) in [5.41, 5.74) is 4.70. The standard InChI is InChI=1S/C29H25BrN4O3/c1-17(2)28-32-24-10-9-20(30)13-22(24)29(35)34(28)31-14-23-18(3)33(25-7-5-4-6-21(23)25)15-19-8-11-26-27(12-19)37-16-36-26/h4-14,17H,15-16H2,1-3H3. The molecular weight excluding hydrogens is 532 g/mol. The van der Waals surface area contributed by atoms with Gasteiger partial charge in [0.1, 0.15) is 5.82 Å². The van der Waals surface area contributed by atoms with Crippen LogP contribution in [0.3, 0.4) is 0 Å². The van der Waals surface area contributed by atoms with Crippen LogP contribution in [0.4, 0.5) is 0 Å². The van der Waals surface area contributed by atoms with Gasteiger partial charge in [-0.2, -0.15) is 9.78 Å². The molecular formula is C29H25BrN4O3. The molecule has 0 bridgehead atoms. The van der Waals surface area contributed by atoms with Crippen LogP contribution in [0.25, 0.3) is 21.8 Å². The number of ether oxygens (including phenoxy) is 2. The van der Waals surface area contributed by atoms with Crippen LogP contribution in [0.5, 0.6) is 11.5 Å².